The lowest BCUT2D eigenvalue weighted by molar-refractivity contribution is -0.117. The summed E-state index contributed by atoms with van der Waals surface area (Å²) in [5.41, 5.74) is 8.88. The van der Waals surface area contributed by atoms with Crippen LogP contribution >= 0.6 is 0 Å². The summed E-state index contributed by atoms with van der Waals surface area (Å²) in [6.07, 6.45) is 3.10. The van der Waals surface area contributed by atoms with Gasteiger partial charge >= 0.3 is 0 Å². The number of sulfone groups is 1. The van der Waals surface area contributed by atoms with Crippen LogP contribution in [-0.2, 0) is 27.5 Å². The Morgan fingerprint density at radius 3 is 2.38 bits per heavy atom. The largest absolute Gasteiger partial charge is 0.325 e. The van der Waals surface area contributed by atoms with Crippen molar-refractivity contribution in [2.24, 2.45) is 5.73 Å². The first-order chi connectivity index (χ1) is 9.76. The first-order valence-electron chi connectivity index (χ1n) is 7.12. The molecule has 0 aliphatic heterocycles. The van der Waals surface area contributed by atoms with Gasteiger partial charge in [-0.05, 0) is 42.5 Å². The van der Waals surface area contributed by atoms with Crippen LogP contribution in [0.15, 0.2) is 18.2 Å². The highest BCUT2D eigenvalue weighted by Crippen LogP contribution is 2.17. The second-order valence-electron chi connectivity index (χ2n) is 5.20. The molecule has 1 unspecified atom stereocenters. The highest BCUT2D eigenvalue weighted by molar-refractivity contribution is 7.90. The smallest absolute Gasteiger partial charge is 0.241 e. The summed E-state index contributed by atoms with van der Waals surface area (Å²) in [6, 6.07) is 4.96. The quantitative estimate of drug-likeness (QED) is 0.798. The number of carbonyl (C=O) groups is 1. The molecule has 1 amide bonds. The lowest BCUT2D eigenvalue weighted by atomic mass is 10.0. The van der Waals surface area contributed by atoms with Gasteiger partial charge in [0.25, 0.3) is 0 Å². The number of carbonyl (C=O) groups excluding carboxylic acids is 1. The maximum Gasteiger partial charge on any atom is 0.241 e. The van der Waals surface area contributed by atoms with Gasteiger partial charge in [0.05, 0.1) is 11.8 Å². The zero-order chi connectivity index (χ0) is 16.0. The van der Waals surface area contributed by atoms with E-state index in [1.54, 1.807) is 0 Å². The minimum atomic E-state index is -3.11. The van der Waals surface area contributed by atoms with Crippen LogP contribution in [-0.4, -0.2) is 32.4 Å². The Labute approximate surface area is 126 Å². The summed E-state index contributed by atoms with van der Waals surface area (Å²) < 4.78 is 22.2. The molecule has 1 aromatic rings. The van der Waals surface area contributed by atoms with Crippen molar-refractivity contribution < 1.29 is 13.2 Å². The molecule has 0 fully saturated rings. The molecule has 118 valence electrons. The van der Waals surface area contributed by atoms with Crippen molar-refractivity contribution in [2.45, 2.75) is 39.2 Å². The number of amides is 1. The molecule has 0 heterocycles. The van der Waals surface area contributed by atoms with Gasteiger partial charge in [-0.15, -0.1) is 0 Å². The topological polar surface area (TPSA) is 89.3 Å². The van der Waals surface area contributed by atoms with Crippen LogP contribution in [0.4, 0.5) is 5.69 Å². The SMILES string of the molecule is CCc1ccc(NC(=O)C(N)CCS(C)(=O)=O)cc1CC. The summed E-state index contributed by atoms with van der Waals surface area (Å²) in [5.74, 6) is -0.443. The van der Waals surface area contributed by atoms with E-state index in [1.165, 1.54) is 11.1 Å². The van der Waals surface area contributed by atoms with Crippen molar-refractivity contribution in [2.75, 3.05) is 17.3 Å². The zero-order valence-electron chi connectivity index (χ0n) is 12.8. The van der Waals surface area contributed by atoms with Gasteiger partial charge in [-0.2, -0.15) is 0 Å². The first kappa shape index (κ1) is 17.7. The van der Waals surface area contributed by atoms with Crippen molar-refractivity contribution in [3.05, 3.63) is 29.3 Å². The third-order valence-corrected chi connectivity index (χ3v) is 4.35. The number of rotatable bonds is 7. The molecule has 5 nitrogen and oxygen atoms in total. The molecular weight excluding hydrogens is 288 g/mol. The molecule has 0 aliphatic carbocycles. The molecule has 0 saturated carbocycles. The molecule has 0 radical (unpaired) electrons. The number of hydrogen-bond donors (Lipinski definition) is 2. The fraction of sp³-hybridized carbons (Fsp3) is 0.533. The van der Waals surface area contributed by atoms with Crippen molar-refractivity contribution >= 4 is 21.4 Å². The van der Waals surface area contributed by atoms with E-state index in [1.807, 2.05) is 18.2 Å². The molecule has 0 aliphatic rings. The monoisotopic (exact) mass is 312 g/mol. The molecule has 1 atom stereocenters. The van der Waals surface area contributed by atoms with E-state index in [2.05, 4.69) is 19.2 Å². The second-order valence-corrected chi connectivity index (χ2v) is 7.46. The third kappa shape index (κ3) is 5.85. The van der Waals surface area contributed by atoms with Crippen molar-refractivity contribution in [3.63, 3.8) is 0 Å². The molecular formula is C15H24N2O3S. The average Bonchev–Trinajstić information content (AvgIpc) is 2.43. The number of nitrogens with one attached hydrogen (secondary N) is 1. The number of benzene rings is 1. The molecule has 21 heavy (non-hydrogen) atoms. The third-order valence-electron chi connectivity index (χ3n) is 3.37. The minimum Gasteiger partial charge on any atom is -0.325 e. The van der Waals surface area contributed by atoms with Crippen LogP contribution in [0.2, 0.25) is 0 Å². The lowest BCUT2D eigenvalue weighted by Crippen LogP contribution is -2.37. The Bertz CT molecular complexity index is 597. The fourth-order valence-electron chi connectivity index (χ4n) is 2.08. The molecule has 0 saturated heterocycles. The Kier molecular flexibility index (Phi) is 6.36. The van der Waals surface area contributed by atoms with Crippen LogP contribution < -0.4 is 11.1 Å². The molecule has 1 rings (SSSR count). The summed E-state index contributed by atoms with van der Waals surface area (Å²) in [5, 5.41) is 2.75. The highest BCUT2D eigenvalue weighted by atomic mass is 32.2. The van der Waals surface area contributed by atoms with E-state index in [4.69, 9.17) is 5.73 Å². The average molecular weight is 312 g/mol. The van der Waals surface area contributed by atoms with Crippen LogP contribution in [0.25, 0.3) is 0 Å². The van der Waals surface area contributed by atoms with Gasteiger partial charge < -0.3 is 11.1 Å². The van der Waals surface area contributed by atoms with E-state index in [-0.39, 0.29) is 18.1 Å². The van der Waals surface area contributed by atoms with Crippen LogP contribution in [0.5, 0.6) is 0 Å². The maximum absolute atomic E-state index is 12.0. The minimum absolute atomic E-state index is 0.0867. The van der Waals surface area contributed by atoms with Crippen LogP contribution in [0.1, 0.15) is 31.4 Å². The summed E-state index contributed by atoms with van der Waals surface area (Å²) >= 11 is 0. The highest BCUT2D eigenvalue weighted by Gasteiger charge is 2.16. The maximum atomic E-state index is 12.0. The van der Waals surface area contributed by atoms with Crippen molar-refractivity contribution in [1.82, 2.24) is 0 Å². The molecule has 1 aromatic carbocycles. The van der Waals surface area contributed by atoms with Gasteiger partial charge in [-0.25, -0.2) is 8.42 Å². The van der Waals surface area contributed by atoms with Gasteiger partial charge in [-0.3, -0.25) is 4.79 Å². The predicted molar refractivity (Wildman–Crippen MR) is 86.1 cm³/mol. The molecule has 0 bridgehead atoms. The van der Waals surface area contributed by atoms with E-state index < -0.39 is 15.9 Å². The van der Waals surface area contributed by atoms with Gasteiger partial charge in [0.15, 0.2) is 0 Å². The number of hydrogen-bond acceptors (Lipinski definition) is 4. The number of aryl methyl sites for hydroxylation is 2. The van der Waals surface area contributed by atoms with Gasteiger partial charge in [0.2, 0.25) is 5.91 Å². The van der Waals surface area contributed by atoms with E-state index in [0.717, 1.165) is 19.1 Å². The molecule has 3 N–H and O–H groups in total. The number of nitrogens with two attached hydrogens (primary N) is 1. The normalized spacial score (nSPS) is 13.0. The van der Waals surface area contributed by atoms with Crippen molar-refractivity contribution in [1.29, 1.82) is 0 Å². The Morgan fingerprint density at radius 1 is 1.24 bits per heavy atom. The molecule has 6 heteroatoms. The number of anilines is 1. The van der Waals surface area contributed by atoms with E-state index in [0.29, 0.717) is 5.69 Å². The van der Waals surface area contributed by atoms with Crippen LogP contribution in [0.3, 0.4) is 0 Å². The Morgan fingerprint density at radius 2 is 1.86 bits per heavy atom. The van der Waals surface area contributed by atoms with E-state index in [9.17, 15) is 13.2 Å². The Hall–Kier alpha value is -1.40. The summed E-state index contributed by atoms with van der Waals surface area (Å²) in [4.78, 5) is 12.0. The zero-order valence-corrected chi connectivity index (χ0v) is 13.7. The summed E-state index contributed by atoms with van der Waals surface area (Å²) in [7, 11) is -3.11. The van der Waals surface area contributed by atoms with Gasteiger partial charge in [-0.1, -0.05) is 19.9 Å². The predicted octanol–water partition coefficient (Wildman–Crippen LogP) is 1.51. The molecule has 0 aromatic heterocycles. The van der Waals surface area contributed by atoms with E-state index >= 15 is 0 Å². The van der Waals surface area contributed by atoms with Crippen molar-refractivity contribution in [3.8, 4) is 0 Å². The molecule has 0 spiro atoms. The lowest BCUT2D eigenvalue weighted by Gasteiger charge is -2.14. The Balaban J connectivity index is 2.70. The van der Waals surface area contributed by atoms with Crippen LogP contribution in [0, 0.1) is 0 Å². The second kappa shape index (κ2) is 7.56. The first-order valence-corrected chi connectivity index (χ1v) is 9.18. The van der Waals surface area contributed by atoms with Gasteiger partial charge in [0.1, 0.15) is 9.84 Å². The summed E-state index contributed by atoms with van der Waals surface area (Å²) in [6.45, 7) is 4.16. The fourth-order valence-corrected chi connectivity index (χ4v) is 2.77. The van der Waals surface area contributed by atoms with Gasteiger partial charge in [0, 0.05) is 11.9 Å². The standard InChI is InChI=1S/C15H24N2O3S/c1-4-11-6-7-13(10-12(11)5-2)17-15(18)14(16)8-9-21(3,19)20/h6-7,10,14H,4-5,8-9,16H2,1-3H3,(H,17,18).